The fourth-order valence-electron chi connectivity index (χ4n) is 1.46. The number of nitrogens with one attached hydrogen (secondary N) is 1. The quantitative estimate of drug-likeness (QED) is 0.658. The van der Waals surface area contributed by atoms with Gasteiger partial charge in [0.25, 0.3) is 5.56 Å². The van der Waals surface area contributed by atoms with Crippen LogP contribution in [0.4, 0.5) is 0 Å². The lowest BCUT2D eigenvalue weighted by molar-refractivity contribution is 1.01. The van der Waals surface area contributed by atoms with Gasteiger partial charge in [-0.15, -0.1) is 0 Å². The predicted octanol–water partition coefficient (Wildman–Crippen LogP) is 1.54. The molecule has 0 fully saturated rings. The lowest BCUT2D eigenvalue weighted by Crippen LogP contribution is -2.09. The summed E-state index contributed by atoms with van der Waals surface area (Å²) in [7, 11) is 0. The van der Waals surface area contributed by atoms with Crippen LogP contribution in [-0.4, -0.2) is 10.2 Å². The fraction of sp³-hybridized carbons (Fsp3) is 0.200. The molecule has 0 saturated carbocycles. The molecule has 0 aliphatic rings. The van der Waals surface area contributed by atoms with Crippen molar-refractivity contribution >= 4 is 10.8 Å². The smallest absolute Gasteiger partial charge is 0.267 e. The van der Waals surface area contributed by atoms with Gasteiger partial charge in [0, 0.05) is 5.39 Å². The number of fused-ring (bicyclic) bond motifs is 1. The number of aryl methyl sites for hydroxylation is 2. The first-order chi connectivity index (χ1) is 6.20. The molecule has 66 valence electrons. The van der Waals surface area contributed by atoms with Gasteiger partial charge >= 0.3 is 0 Å². The summed E-state index contributed by atoms with van der Waals surface area (Å²) in [5.41, 5.74) is 2.05. The lowest BCUT2D eigenvalue weighted by Gasteiger charge is -2.02. The minimum absolute atomic E-state index is 0.112. The molecule has 0 saturated heterocycles. The molecule has 13 heavy (non-hydrogen) atoms. The van der Waals surface area contributed by atoms with Gasteiger partial charge in [0.1, 0.15) is 0 Å². The molecule has 0 aliphatic heterocycles. The molecule has 0 radical (unpaired) electrons. The molecular weight excluding hydrogens is 164 g/mol. The van der Waals surface area contributed by atoms with Crippen LogP contribution in [0.5, 0.6) is 0 Å². The van der Waals surface area contributed by atoms with Crippen LogP contribution in [0.15, 0.2) is 23.1 Å². The lowest BCUT2D eigenvalue weighted by atomic mass is 10.0. The number of H-pyrrole nitrogens is 1. The summed E-state index contributed by atoms with van der Waals surface area (Å²) in [6.07, 6.45) is 1.67. The molecule has 0 bridgehead atoms. The highest BCUT2D eigenvalue weighted by Crippen LogP contribution is 2.16. The second-order valence-electron chi connectivity index (χ2n) is 3.17. The number of hydrogen-bond donors (Lipinski definition) is 1. The predicted molar refractivity (Wildman–Crippen MR) is 51.8 cm³/mol. The largest absolute Gasteiger partial charge is 0.272 e. The number of benzene rings is 1. The monoisotopic (exact) mass is 174 g/mol. The Morgan fingerprint density at radius 2 is 2.08 bits per heavy atom. The molecule has 0 spiro atoms. The van der Waals surface area contributed by atoms with E-state index in [0.717, 1.165) is 21.9 Å². The van der Waals surface area contributed by atoms with Gasteiger partial charge in [-0.05, 0) is 25.0 Å². The molecule has 2 rings (SSSR count). The van der Waals surface area contributed by atoms with E-state index in [1.54, 1.807) is 6.20 Å². The Kier molecular flexibility index (Phi) is 1.65. The van der Waals surface area contributed by atoms with Crippen LogP contribution >= 0.6 is 0 Å². The molecule has 0 unspecified atom stereocenters. The summed E-state index contributed by atoms with van der Waals surface area (Å²) in [6, 6.07) is 3.92. The number of aromatic nitrogens is 2. The van der Waals surface area contributed by atoms with Gasteiger partial charge in [0.05, 0.1) is 11.6 Å². The average Bonchev–Trinajstić information content (AvgIpc) is 2.12. The maximum Gasteiger partial charge on any atom is 0.272 e. The Bertz CT molecular complexity index is 514. The summed E-state index contributed by atoms with van der Waals surface area (Å²) < 4.78 is 0. The van der Waals surface area contributed by atoms with Crippen molar-refractivity contribution in [3.63, 3.8) is 0 Å². The Morgan fingerprint density at radius 1 is 1.31 bits per heavy atom. The zero-order valence-corrected chi connectivity index (χ0v) is 7.59. The zero-order valence-electron chi connectivity index (χ0n) is 7.59. The first-order valence-corrected chi connectivity index (χ1v) is 4.14. The maximum absolute atomic E-state index is 11.4. The van der Waals surface area contributed by atoms with E-state index in [1.807, 2.05) is 26.0 Å². The number of rotatable bonds is 0. The molecular formula is C10H10N2O. The van der Waals surface area contributed by atoms with Crippen molar-refractivity contribution < 1.29 is 0 Å². The van der Waals surface area contributed by atoms with E-state index < -0.39 is 0 Å². The van der Waals surface area contributed by atoms with E-state index in [0.29, 0.717) is 0 Å². The Morgan fingerprint density at radius 3 is 2.85 bits per heavy atom. The minimum atomic E-state index is -0.112. The van der Waals surface area contributed by atoms with E-state index >= 15 is 0 Å². The van der Waals surface area contributed by atoms with Crippen LogP contribution in [0.3, 0.4) is 0 Å². The number of nitrogens with zero attached hydrogens (tertiary/aromatic N) is 1. The van der Waals surface area contributed by atoms with Gasteiger partial charge in [-0.2, -0.15) is 5.10 Å². The second-order valence-corrected chi connectivity index (χ2v) is 3.17. The van der Waals surface area contributed by atoms with Crippen LogP contribution in [-0.2, 0) is 0 Å². The third-order valence-corrected chi connectivity index (χ3v) is 2.36. The molecule has 1 N–H and O–H groups in total. The Labute approximate surface area is 75.4 Å². The summed E-state index contributed by atoms with van der Waals surface area (Å²) in [4.78, 5) is 11.4. The van der Waals surface area contributed by atoms with E-state index in [1.165, 1.54) is 0 Å². The van der Waals surface area contributed by atoms with Crippen molar-refractivity contribution in [2.75, 3.05) is 0 Å². The summed E-state index contributed by atoms with van der Waals surface area (Å²) >= 11 is 0. The maximum atomic E-state index is 11.4. The summed E-state index contributed by atoms with van der Waals surface area (Å²) in [5, 5.41) is 7.82. The average molecular weight is 174 g/mol. The Balaban J connectivity index is 3.06. The molecule has 1 aromatic heterocycles. The first kappa shape index (κ1) is 7.98. The molecule has 3 nitrogen and oxygen atoms in total. The van der Waals surface area contributed by atoms with Gasteiger partial charge in [0.15, 0.2) is 0 Å². The van der Waals surface area contributed by atoms with Crippen molar-refractivity contribution in [1.29, 1.82) is 0 Å². The van der Waals surface area contributed by atoms with Crippen LogP contribution in [0.25, 0.3) is 10.8 Å². The molecule has 3 heteroatoms. The third-order valence-electron chi connectivity index (χ3n) is 2.36. The highest BCUT2D eigenvalue weighted by Gasteiger charge is 2.03. The molecule has 0 aliphatic carbocycles. The SMILES string of the molecule is Cc1ccc2cn[nH]c(=O)c2c1C. The standard InChI is InChI=1S/C10H10N2O/c1-6-3-4-8-5-11-12-10(13)9(8)7(6)2/h3-5H,1-2H3,(H,12,13). The number of aromatic amines is 1. The van der Waals surface area contributed by atoms with Gasteiger partial charge < -0.3 is 0 Å². The van der Waals surface area contributed by atoms with Gasteiger partial charge in [-0.1, -0.05) is 12.1 Å². The molecule has 1 aromatic carbocycles. The number of hydrogen-bond acceptors (Lipinski definition) is 2. The Hall–Kier alpha value is -1.64. The molecule has 0 amide bonds. The van der Waals surface area contributed by atoms with Gasteiger partial charge in [0.2, 0.25) is 0 Å². The van der Waals surface area contributed by atoms with Crippen molar-refractivity contribution in [3.05, 3.63) is 39.8 Å². The topological polar surface area (TPSA) is 45.8 Å². The molecule has 2 aromatic rings. The summed E-state index contributed by atoms with van der Waals surface area (Å²) in [5.74, 6) is 0. The van der Waals surface area contributed by atoms with Crippen LogP contribution in [0.1, 0.15) is 11.1 Å². The van der Waals surface area contributed by atoms with Gasteiger partial charge in [-0.3, -0.25) is 4.79 Å². The van der Waals surface area contributed by atoms with Crippen molar-refractivity contribution in [1.82, 2.24) is 10.2 Å². The van der Waals surface area contributed by atoms with E-state index in [-0.39, 0.29) is 5.56 Å². The van der Waals surface area contributed by atoms with Crippen molar-refractivity contribution in [2.45, 2.75) is 13.8 Å². The highest BCUT2D eigenvalue weighted by atomic mass is 16.1. The van der Waals surface area contributed by atoms with Crippen LogP contribution in [0, 0.1) is 13.8 Å². The second kappa shape index (κ2) is 2.69. The zero-order chi connectivity index (χ0) is 9.42. The van der Waals surface area contributed by atoms with Crippen LogP contribution < -0.4 is 5.56 Å². The van der Waals surface area contributed by atoms with E-state index in [9.17, 15) is 4.79 Å². The van der Waals surface area contributed by atoms with Crippen molar-refractivity contribution in [3.8, 4) is 0 Å². The molecule has 0 atom stereocenters. The normalized spacial score (nSPS) is 10.6. The van der Waals surface area contributed by atoms with E-state index in [2.05, 4.69) is 10.2 Å². The minimum Gasteiger partial charge on any atom is -0.267 e. The van der Waals surface area contributed by atoms with E-state index in [4.69, 9.17) is 0 Å². The molecule has 1 heterocycles. The van der Waals surface area contributed by atoms with Gasteiger partial charge in [-0.25, -0.2) is 5.10 Å². The van der Waals surface area contributed by atoms with Crippen LogP contribution in [0.2, 0.25) is 0 Å². The summed E-state index contributed by atoms with van der Waals surface area (Å²) in [6.45, 7) is 3.95. The third kappa shape index (κ3) is 1.13. The fourth-order valence-corrected chi connectivity index (χ4v) is 1.46. The highest BCUT2D eigenvalue weighted by molar-refractivity contribution is 5.84. The first-order valence-electron chi connectivity index (χ1n) is 4.14. The van der Waals surface area contributed by atoms with Crippen molar-refractivity contribution in [2.24, 2.45) is 0 Å².